The summed E-state index contributed by atoms with van der Waals surface area (Å²) in [4.78, 5) is 34.4. The van der Waals surface area contributed by atoms with E-state index in [1.807, 2.05) is 0 Å². The molecule has 0 saturated carbocycles. The van der Waals surface area contributed by atoms with Crippen LogP contribution in [0.15, 0.2) is 24.3 Å². The zero-order valence-corrected chi connectivity index (χ0v) is 13.1. The van der Waals surface area contributed by atoms with Crippen LogP contribution in [-0.4, -0.2) is 37.0 Å². The molecule has 0 spiro atoms. The standard InChI is InChI=1S/C15H17F3N2O4/c1-9(2)20-12(21)8-24-13(22)7-19-14(23)10-3-5-11(6-4-10)15(16,17)18/h3-6,9H,7-8H2,1-2H3,(H,19,23)(H,20,21). The Bertz CT molecular complexity index is 598. The van der Waals surface area contributed by atoms with Gasteiger partial charge in [-0.2, -0.15) is 13.2 Å². The largest absolute Gasteiger partial charge is 0.454 e. The molecule has 0 aliphatic heterocycles. The van der Waals surface area contributed by atoms with E-state index >= 15 is 0 Å². The lowest BCUT2D eigenvalue weighted by atomic mass is 10.1. The molecule has 1 aromatic rings. The van der Waals surface area contributed by atoms with Gasteiger partial charge in [0, 0.05) is 11.6 Å². The summed E-state index contributed by atoms with van der Waals surface area (Å²) in [7, 11) is 0. The molecule has 6 nitrogen and oxygen atoms in total. The van der Waals surface area contributed by atoms with Gasteiger partial charge < -0.3 is 15.4 Å². The maximum absolute atomic E-state index is 12.4. The monoisotopic (exact) mass is 346 g/mol. The van der Waals surface area contributed by atoms with Crippen molar-refractivity contribution in [3.63, 3.8) is 0 Å². The maximum Gasteiger partial charge on any atom is 0.416 e. The quantitative estimate of drug-likeness (QED) is 0.765. The SMILES string of the molecule is CC(C)NC(=O)COC(=O)CNC(=O)c1ccc(C(F)(F)F)cc1. The zero-order valence-electron chi connectivity index (χ0n) is 13.1. The van der Waals surface area contributed by atoms with Crippen molar-refractivity contribution in [2.75, 3.05) is 13.2 Å². The number of nitrogens with one attached hydrogen (secondary N) is 2. The van der Waals surface area contributed by atoms with Crippen LogP contribution in [0.3, 0.4) is 0 Å². The number of halogens is 3. The van der Waals surface area contributed by atoms with Crippen LogP contribution in [0.2, 0.25) is 0 Å². The molecule has 0 unspecified atom stereocenters. The average molecular weight is 346 g/mol. The number of hydrogen-bond acceptors (Lipinski definition) is 4. The number of carbonyl (C=O) groups is 3. The highest BCUT2D eigenvalue weighted by atomic mass is 19.4. The van der Waals surface area contributed by atoms with E-state index in [1.54, 1.807) is 13.8 Å². The Morgan fingerprint density at radius 2 is 1.71 bits per heavy atom. The molecule has 0 atom stereocenters. The van der Waals surface area contributed by atoms with Crippen molar-refractivity contribution < 1.29 is 32.3 Å². The number of alkyl halides is 3. The van der Waals surface area contributed by atoms with Crippen molar-refractivity contribution in [1.82, 2.24) is 10.6 Å². The first-order valence-electron chi connectivity index (χ1n) is 7.00. The fourth-order valence-electron chi connectivity index (χ4n) is 1.63. The Morgan fingerprint density at radius 1 is 1.12 bits per heavy atom. The summed E-state index contributed by atoms with van der Waals surface area (Å²) in [6.07, 6.45) is -4.49. The molecule has 0 aromatic heterocycles. The highest BCUT2D eigenvalue weighted by Gasteiger charge is 2.30. The summed E-state index contributed by atoms with van der Waals surface area (Å²) in [5.41, 5.74) is -0.914. The fourth-order valence-corrected chi connectivity index (χ4v) is 1.63. The van der Waals surface area contributed by atoms with Gasteiger partial charge in [-0.15, -0.1) is 0 Å². The summed E-state index contributed by atoms with van der Waals surface area (Å²) in [5.74, 6) is -2.05. The molecule has 0 saturated heterocycles. The first kappa shape index (κ1) is 19.5. The summed E-state index contributed by atoms with van der Waals surface area (Å²) in [5, 5.41) is 4.71. The number of rotatable bonds is 6. The normalized spacial score (nSPS) is 11.1. The lowest BCUT2D eigenvalue weighted by Crippen LogP contribution is -2.36. The van der Waals surface area contributed by atoms with Crippen LogP contribution in [0, 0.1) is 0 Å². The molecule has 0 aliphatic carbocycles. The number of esters is 1. The van der Waals surface area contributed by atoms with Gasteiger partial charge in [-0.1, -0.05) is 0 Å². The summed E-state index contributed by atoms with van der Waals surface area (Å²) in [6, 6.07) is 3.43. The summed E-state index contributed by atoms with van der Waals surface area (Å²) >= 11 is 0. The molecule has 24 heavy (non-hydrogen) atoms. The summed E-state index contributed by atoms with van der Waals surface area (Å²) < 4.78 is 41.9. The van der Waals surface area contributed by atoms with Gasteiger partial charge in [0.15, 0.2) is 6.61 Å². The van der Waals surface area contributed by atoms with E-state index in [-0.39, 0.29) is 11.6 Å². The van der Waals surface area contributed by atoms with Gasteiger partial charge in [0.25, 0.3) is 11.8 Å². The highest BCUT2D eigenvalue weighted by molar-refractivity contribution is 5.96. The Kier molecular flexibility index (Phi) is 6.75. The molecular formula is C15H17F3N2O4. The first-order valence-corrected chi connectivity index (χ1v) is 7.00. The minimum Gasteiger partial charge on any atom is -0.454 e. The van der Waals surface area contributed by atoms with Crippen LogP contribution in [-0.2, 0) is 20.5 Å². The smallest absolute Gasteiger partial charge is 0.416 e. The average Bonchev–Trinajstić information content (AvgIpc) is 2.49. The molecule has 0 radical (unpaired) electrons. The minimum atomic E-state index is -4.49. The van der Waals surface area contributed by atoms with Crippen LogP contribution in [0.5, 0.6) is 0 Å². The first-order chi connectivity index (χ1) is 11.1. The molecule has 0 bridgehead atoms. The Balaban J connectivity index is 2.43. The molecule has 132 valence electrons. The molecule has 2 amide bonds. The molecular weight excluding hydrogens is 329 g/mol. The Morgan fingerprint density at radius 3 is 2.21 bits per heavy atom. The van der Waals surface area contributed by atoms with Gasteiger partial charge in [0.05, 0.1) is 5.56 Å². The van der Waals surface area contributed by atoms with E-state index in [9.17, 15) is 27.6 Å². The van der Waals surface area contributed by atoms with Crippen molar-refractivity contribution in [3.8, 4) is 0 Å². The highest BCUT2D eigenvalue weighted by Crippen LogP contribution is 2.28. The van der Waals surface area contributed by atoms with E-state index in [1.165, 1.54) is 0 Å². The van der Waals surface area contributed by atoms with Crippen molar-refractivity contribution in [1.29, 1.82) is 0 Å². The van der Waals surface area contributed by atoms with Crippen LogP contribution in [0.25, 0.3) is 0 Å². The van der Waals surface area contributed by atoms with Crippen LogP contribution in [0.4, 0.5) is 13.2 Å². The zero-order chi connectivity index (χ0) is 18.3. The van der Waals surface area contributed by atoms with Gasteiger partial charge in [0.1, 0.15) is 6.54 Å². The van der Waals surface area contributed by atoms with Crippen LogP contribution in [0.1, 0.15) is 29.8 Å². The van der Waals surface area contributed by atoms with Gasteiger partial charge in [-0.3, -0.25) is 14.4 Å². The lowest BCUT2D eigenvalue weighted by molar-refractivity contribution is -0.147. The van der Waals surface area contributed by atoms with Crippen LogP contribution < -0.4 is 10.6 Å². The van der Waals surface area contributed by atoms with E-state index in [0.717, 1.165) is 24.3 Å². The second-order valence-corrected chi connectivity index (χ2v) is 5.14. The third kappa shape index (κ3) is 6.67. The summed E-state index contributed by atoms with van der Waals surface area (Å²) in [6.45, 7) is 2.50. The molecule has 1 rings (SSSR count). The van der Waals surface area contributed by atoms with Crippen molar-refractivity contribution in [2.24, 2.45) is 0 Å². The maximum atomic E-state index is 12.4. The number of carbonyl (C=O) groups excluding carboxylic acids is 3. The van der Waals surface area contributed by atoms with Gasteiger partial charge in [-0.25, -0.2) is 0 Å². The number of hydrogen-bond donors (Lipinski definition) is 2. The third-order valence-corrected chi connectivity index (χ3v) is 2.68. The molecule has 0 fully saturated rings. The molecule has 1 aromatic carbocycles. The minimum absolute atomic E-state index is 0.0339. The Hall–Kier alpha value is -2.58. The second-order valence-electron chi connectivity index (χ2n) is 5.14. The van der Waals surface area contributed by atoms with Gasteiger partial charge in [-0.05, 0) is 38.1 Å². The lowest BCUT2D eigenvalue weighted by Gasteiger charge is -2.10. The van der Waals surface area contributed by atoms with E-state index in [4.69, 9.17) is 0 Å². The topological polar surface area (TPSA) is 84.5 Å². The molecule has 0 heterocycles. The second kappa shape index (κ2) is 8.32. The van der Waals surface area contributed by atoms with E-state index < -0.39 is 42.7 Å². The molecule has 0 aliphatic rings. The molecule has 2 N–H and O–H groups in total. The van der Waals surface area contributed by atoms with E-state index in [0.29, 0.717) is 0 Å². The predicted molar refractivity (Wildman–Crippen MR) is 78.0 cm³/mol. The molecule has 9 heteroatoms. The van der Waals surface area contributed by atoms with E-state index in [2.05, 4.69) is 15.4 Å². The van der Waals surface area contributed by atoms with Crippen molar-refractivity contribution >= 4 is 17.8 Å². The fraction of sp³-hybridized carbons (Fsp3) is 0.400. The third-order valence-electron chi connectivity index (χ3n) is 2.68. The van der Waals surface area contributed by atoms with Crippen LogP contribution >= 0.6 is 0 Å². The van der Waals surface area contributed by atoms with Gasteiger partial charge in [0.2, 0.25) is 0 Å². The Labute approximate surface area is 136 Å². The van der Waals surface area contributed by atoms with Crippen molar-refractivity contribution in [3.05, 3.63) is 35.4 Å². The number of amides is 2. The predicted octanol–water partition coefficient (Wildman–Crippen LogP) is 1.50. The van der Waals surface area contributed by atoms with Gasteiger partial charge >= 0.3 is 12.1 Å². The number of ether oxygens (including phenoxy) is 1. The number of benzene rings is 1. The van der Waals surface area contributed by atoms with Crippen molar-refractivity contribution in [2.45, 2.75) is 26.1 Å².